The van der Waals surface area contributed by atoms with E-state index >= 15 is 0 Å². The summed E-state index contributed by atoms with van der Waals surface area (Å²) in [7, 11) is 0. The summed E-state index contributed by atoms with van der Waals surface area (Å²) in [5, 5.41) is 0. The maximum Gasteiger partial charge on any atom is 0.00987 e. The zero-order valence-electron chi connectivity index (χ0n) is 23.2. The van der Waals surface area contributed by atoms with Crippen LogP contribution in [0.3, 0.4) is 0 Å². The second kappa shape index (κ2) is 21.7. The molecular formula is C33H60. The molecule has 1 aliphatic rings. The number of hydrogen-bond donors (Lipinski definition) is 0. The molecule has 0 aromatic rings. The minimum atomic E-state index is 0.302. The van der Waals surface area contributed by atoms with Crippen LogP contribution in [-0.4, -0.2) is 0 Å². The Bertz CT molecular complexity index is 508. The molecule has 1 aliphatic carbocycles. The topological polar surface area (TPSA) is 0 Å². The van der Waals surface area contributed by atoms with Crippen LogP contribution in [0.2, 0.25) is 0 Å². The van der Waals surface area contributed by atoms with E-state index in [-0.39, 0.29) is 0 Å². The van der Waals surface area contributed by atoms with Crippen molar-refractivity contribution < 1.29 is 0 Å². The van der Waals surface area contributed by atoms with Gasteiger partial charge in [0, 0.05) is 5.41 Å². The molecule has 192 valence electrons. The van der Waals surface area contributed by atoms with Gasteiger partial charge in [-0.05, 0) is 32.6 Å². The van der Waals surface area contributed by atoms with Crippen molar-refractivity contribution in [2.24, 2.45) is 5.41 Å². The van der Waals surface area contributed by atoms with E-state index in [0.29, 0.717) is 5.41 Å². The first-order valence-electron chi connectivity index (χ1n) is 15.3. The summed E-state index contributed by atoms with van der Waals surface area (Å²) in [5.74, 6) is 0. The molecule has 0 nitrogen and oxygen atoms in total. The lowest BCUT2D eigenvalue weighted by molar-refractivity contribution is 0.416. The van der Waals surface area contributed by atoms with Crippen molar-refractivity contribution in [3.63, 3.8) is 0 Å². The van der Waals surface area contributed by atoms with E-state index in [4.69, 9.17) is 0 Å². The molecule has 0 aliphatic heterocycles. The Morgan fingerprint density at radius 3 is 1.52 bits per heavy atom. The zero-order chi connectivity index (χ0) is 23.9. The van der Waals surface area contributed by atoms with E-state index < -0.39 is 0 Å². The van der Waals surface area contributed by atoms with Gasteiger partial charge in [-0.15, -0.1) is 0 Å². The Balaban J connectivity index is 2.10. The van der Waals surface area contributed by atoms with Gasteiger partial charge in [-0.1, -0.05) is 172 Å². The predicted octanol–water partition coefficient (Wildman–Crippen LogP) is 12.1. The molecule has 0 aromatic heterocycles. The van der Waals surface area contributed by atoms with Crippen molar-refractivity contribution in [1.82, 2.24) is 0 Å². The fourth-order valence-electron chi connectivity index (χ4n) is 5.40. The van der Waals surface area contributed by atoms with E-state index in [1.54, 1.807) is 5.57 Å². The van der Waals surface area contributed by atoms with Gasteiger partial charge < -0.3 is 0 Å². The van der Waals surface area contributed by atoms with Gasteiger partial charge in [-0.2, -0.15) is 0 Å². The largest absolute Gasteiger partial charge is 0.0908 e. The molecular weight excluding hydrogens is 396 g/mol. The van der Waals surface area contributed by atoms with Gasteiger partial charge >= 0.3 is 0 Å². The van der Waals surface area contributed by atoms with E-state index in [1.807, 2.05) is 0 Å². The molecule has 1 unspecified atom stereocenters. The fraction of sp³-hybridized carbons (Fsp3) is 0.818. The summed E-state index contributed by atoms with van der Waals surface area (Å²) in [4.78, 5) is 0. The smallest absolute Gasteiger partial charge is 0.00987 e. The molecule has 0 fully saturated rings. The summed E-state index contributed by atoms with van der Waals surface area (Å²) >= 11 is 0. The van der Waals surface area contributed by atoms with Gasteiger partial charge in [-0.25, -0.2) is 0 Å². The first-order valence-corrected chi connectivity index (χ1v) is 15.3. The molecule has 1 rings (SSSR count). The molecule has 0 saturated heterocycles. The minimum Gasteiger partial charge on any atom is -0.0908 e. The van der Waals surface area contributed by atoms with Crippen LogP contribution in [0.4, 0.5) is 0 Å². The van der Waals surface area contributed by atoms with Crippen molar-refractivity contribution in [3.8, 4) is 0 Å². The fourth-order valence-corrected chi connectivity index (χ4v) is 5.40. The van der Waals surface area contributed by atoms with Gasteiger partial charge in [0.25, 0.3) is 0 Å². The molecule has 1 atom stereocenters. The monoisotopic (exact) mass is 456 g/mol. The Kier molecular flexibility index (Phi) is 19.9. The quantitative estimate of drug-likeness (QED) is 0.106. The predicted molar refractivity (Wildman–Crippen MR) is 152 cm³/mol. The number of hydrogen-bond acceptors (Lipinski definition) is 0. The highest BCUT2D eigenvalue weighted by atomic mass is 14.3. The lowest BCUT2D eigenvalue weighted by atomic mass is 9.75. The third-order valence-electron chi connectivity index (χ3n) is 7.69. The van der Waals surface area contributed by atoms with E-state index in [2.05, 4.69) is 51.2 Å². The Hall–Kier alpha value is -0.780. The van der Waals surface area contributed by atoms with Gasteiger partial charge in [0.05, 0.1) is 0 Å². The molecule has 0 saturated carbocycles. The second-order valence-corrected chi connectivity index (χ2v) is 10.9. The highest BCUT2D eigenvalue weighted by molar-refractivity contribution is 5.30. The molecule has 33 heavy (non-hydrogen) atoms. The van der Waals surface area contributed by atoms with Crippen molar-refractivity contribution in [2.75, 3.05) is 0 Å². The minimum absolute atomic E-state index is 0.302. The van der Waals surface area contributed by atoms with Crippen molar-refractivity contribution in [3.05, 3.63) is 36.0 Å². The number of rotatable bonds is 23. The Morgan fingerprint density at radius 1 is 0.636 bits per heavy atom. The molecule has 0 N–H and O–H groups in total. The molecule has 0 bridgehead atoms. The second-order valence-electron chi connectivity index (χ2n) is 10.9. The van der Waals surface area contributed by atoms with Crippen LogP contribution in [0.1, 0.15) is 168 Å². The third-order valence-corrected chi connectivity index (χ3v) is 7.69. The standard InChI is InChI=1S/C33H60/c1-4-7-9-11-13-15-17-19-21-23-25-32-26-30-33(28-6-3,31-27-32)29-24-22-20-18-16-14-12-10-8-5-2/h6,26-28,30H,4-5,7-25,29,31H2,1-3H3. The van der Waals surface area contributed by atoms with Crippen molar-refractivity contribution >= 4 is 0 Å². The Morgan fingerprint density at radius 2 is 1.09 bits per heavy atom. The normalized spacial score (nSPS) is 18.3. The SMILES string of the molecule is CC=CC1(CCCCCCCCCCCC)C=CC(CCCCCCCCCCCC)=CC1. The first-order chi connectivity index (χ1) is 16.3. The van der Waals surface area contributed by atoms with E-state index in [9.17, 15) is 0 Å². The molecule has 0 amide bonds. The molecule has 0 heteroatoms. The van der Waals surface area contributed by atoms with Crippen LogP contribution in [0.15, 0.2) is 36.0 Å². The highest BCUT2D eigenvalue weighted by Gasteiger charge is 2.24. The van der Waals surface area contributed by atoms with E-state index in [1.165, 1.54) is 148 Å². The maximum absolute atomic E-state index is 2.56. The molecule has 0 radical (unpaired) electrons. The summed E-state index contributed by atoms with van der Waals surface area (Å²) < 4.78 is 0. The van der Waals surface area contributed by atoms with Crippen LogP contribution in [0.5, 0.6) is 0 Å². The van der Waals surface area contributed by atoms with Crippen LogP contribution in [0.25, 0.3) is 0 Å². The lowest BCUT2D eigenvalue weighted by Gasteiger charge is -2.29. The average molecular weight is 457 g/mol. The number of allylic oxidation sites excluding steroid dienone is 6. The molecule has 0 aromatic carbocycles. The summed E-state index contributed by atoms with van der Waals surface area (Å²) in [6.07, 6.45) is 44.7. The highest BCUT2D eigenvalue weighted by Crippen LogP contribution is 2.38. The zero-order valence-corrected chi connectivity index (χ0v) is 23.2. The number of unbranched alkanes of at least 4 members (excludes halogenated alkanes) is 18. The summed E-state index contributed by atoms with van der Waals surface area (Å²) in [6.45, 7) is 6.80. The van der Waals surface area contributed by atoms with Gasteiger partial charge in [0.15, 0.2) is 0 Å². The van der Waals surface area contributed by atoms with Crippen LogP contribution in [-0.2, 0) is 0 Å². The summed E-state index contributed by atoms with van der Waals surface area (Å²) in [5.41, 5.74) is 1.90. The Labute approximate surface area is 209 Å². The lowest BCUT2D eigenvalue weighted by Crippen LogP contribution is -2.16. The molecule has 0 spiro atoms. The van der Waals surface area contributed by atoms with Crippen LogP contribution in [0, 0.1) is 5.41 Å². The maximum atomic E-state index is 2.56. The van der Waals surface area contributed by atoms with Crippen LogP contribution >= 0.6 is 0 Å². The average Bonchev–Trinajstić information content (AvgIpc) is 2.83. The summed E-state index contributed by atoms with van der Waals surface area (Å²) in [6, 6.07) is 0. The first kappa shape index (κ1) is 30.3. The van der Waals surface area contributed by atoms with Gasteiger partial charge in [0.2, 0.25) is 0 Å². The van der Waals surface area contributed by atoms with Crippen molar-refractivity contribution in [2.45, 2.75) is 168 Å². The molecule has 0 heterocycles. The van der Waals surface area contributed by atoms with E-state index in [0.717, 1.165) is 0 Å². The van der Waals surface area contributed by atoms with Gasteiger partial charge in [0.1, 0.15) is 0 Å². The van der Waals surface area contributed by atoms with Gasteiger partial charge in [-0.3, -0.25) is 0 Å². The van der Waals surface area contributed by atoms with Crippen molar-refractivity contribution in [1.29, 1.82) is 0 Å². The third kappa shape index (κ3) is 16.5. The van der Waals surface area contributed by atoms with Crippen LogP contribution < -0.4 is 0 Å².